The zero-order chi connectivity index (χ0) is 14.5. The van der Waals surface area contributed by atoms with Gasteiger partial charge < -0.3 is 15.7 Å². The number of hydrogen-bond acceptors (Lipinski definition) is 2. The number of nitrogens with one attached hydrogen (secondary N) is 2. The van der Waals surface area contributed by atoms with Gasteiger partial charge >= 0.3 is 12.0 Å². The van der Waals surface area contributed by atoms with E-state index in [0.29, 0.717) is 5.92 Å². The average molecular weight is 276 g/mol. The van der Waals surface area contributed by atoms with E-state index in [4.69, 9.17) is 5.11 Å². The van der Waals surface area contributed by atoms with Crippen LogP contribution >= 0.6 is 0 Å². The van der Waals surface area contributed by atoms with Crippen molar-refractivity contribution in [2.45, 2.75) is 38.3 Å². The number of carbonyl (C=O) groups excluding carboxylic acids is 1. The number of amides is 2. The molecule has 108 valence electrons. The lowest BCUT2D eigenvalue weighted by atomic mass is 10.0. The predicted octanol–water partition coefficient (Wildman–Crippen LogP) is 2.30. The average Bonchev–Trinajstić information content (AvgIpc) is 3.16. The van der Waals surface area contributed by atoms with Gasteiger partial charge in [-0.1, -0.05) is 43.7 Å². The van der Waals surface area contributed by atoms with Crippen LogP contribution in [0.4, 0.5) is 4.79 Å². The molecule has 0 spiro atoms. The van der Waals surface area contributed by atoms with Crippen LogP contribution < -0.4 is 10.6 Å². The van der Waals surface area contributed by atoms with E-state index in [-0.39, 0.29) is 18.5 Å². The van der Waals surface area contributed by atoms with E-state index in [0.717, 1.165) is 18.4 Å². The predicted molar refractivity (Wildman–Crippen MR) is 75.3 cm³/mol. The summed E-state index contributed by atoms with van der Waals surface area (Å²) in [5.74, 6) is -0.368. The molecule has 5 heteroatoms. The first-order valence-corrected chi connectivity index (χ1v) is 6.94. The monoisotopic (exact) mass is 276 g/mol. The summed E-state index contributed by atoms with van der Waals surface area (Å²) < 4.78 is 0. The van der Waals surface area contributed by atoms with Gasteiger partial charge in [-0.25, -0.2) is 4.79 Å². The van der Waals surface area contributed by atoms with Crippen molar-refractivity contribution in [1.29, 1.82) is 0 Å². The van der Waals surface area contributed by atoms with Gasteiger partial charge in [0.2, 0.25) is 0 Å². The van der Waals surface area contributed by atoms with Crippen LogP contribution in [-0.4, -0.2) is 23.1 Å². The highest BCUT2D eigenvalue weighted by Gasteiger charge is 2.36. The summed E-state index contributed by atoms with van der Waals surface area (Å²) in [6.45, 7) is 2.10. The van der Waals surface area contributed by atoms with Crippen molar-refractivity contribution in [3.05, 3.63) is 35.9 Å². The Morgan fingerprint density at radius 2 is 2.05 bits per heavy atom. The Labute approximate surface area is 118 Å². The van der Waals surface area contributed by atoms with Crippen LogP contribution in [-0.2, 0) is 4.79 Å². The molecule has 0 aromatic heterocycles. The summed E-state index contributed by atoms with van der Waals surface area (Å²) >= 11 is 0. The fourth-order valence-corrected chi connectivity index (χ4v) is 2.36. The maximum atomic E-state index is 11.9. The van der Waals surface area contributed by atoms with Crippen LogP contribution in [0.1, 0.15) is 37.8 Å². The third-order valence-corrected chi connectivity index (χ3v) is 3.65. The number of aliphatic carboxylic acids is 1. The van der Waals surface area contributed by atoms with E-state index in [9.17, 15) is 9.59 Å². The molecule has 2 amide bonds. The molecule has 1 aliphatic rings. The highest BCUT2D eigenvalue weighted by molar-refractivity contribution is 5.76. The summed E-state index contributed by atoms with van der Waals surface area (Å²) in [6, 6.07) is 8.60. The molecule has 1 saturated carbocycles. The molecule has 1 aliphatic carbocycles. The number of carboxylic acids is 1. The van der Waals surface area contributed by atoms with Gasteiger partial charge in [0, 0.05) is 6.04 Å². The molecule has 5 nitrogen and oxygen atoms in total. The summed E-state index contributed by atoms with van der Waals surface area (Å²) in [4.78, 5) is 22.8. The number of benzene rings is 1. The van der Waals surface area contributed by atoms with Gasteiger partial charge in [0.25, 0.3) is 0 Å². The van der Waals surface area contributed by atoms with Crippen LogP contribution in [0, 0.1) is 5.92 Å². The van der Waals surface area contributed by atoms with Crippen LogP contribution in [0.2, 0.25) is 0 Å². The first-order valence-electron chi connectivity index (χ1n) is 6.94. The van der Waals surface area contributed by atoms with Gasteiger partial charge in [-0.15, -0.1) is 0 Å². The summed E-state index contributed by atoms with van der Waals surface area (Å²) in [7, 11) is 0. The van der Waals surface area contributed by atoms with Crippen LogP contribution in [0.3, 0.4) is 0 Å². The highest BCUT2D eigenvalue weighted by atomic mass is 16.4. The van der Waals surface area contributed by atoms with Gasteiger partial charge in [-0.05, 0) is 17.9 Å². The number of urea groups is 1. The number of hydrogen-bond donors (Lipinski definition) is 3. The minimum atomic E-state index is -0.933. The van der Waals surface area contributed by atoms with Gasteiger partial charge in [-0.3, -0.25) is 4.79 Å². The van der Waals surface area contributed by atoms with Crippen molar-refractivity contribution in [1.82, 2.24) is 10.6 Å². The second-order valence-corrected chi connectivity index (χ2v) is 5.19. The van der Waals surface area contributed by atoms with Crippen LogP contribution in [0.5, 0.6) is 0 Å². The molecule has 1 aromatic rings. The molecular formula is C15H20N2O3. The molecule has 0 saturated heterocycles. The normalized spacial score (nSPS) is 21.9. The number of carboxylic acid groups (broad SMARTS) is 1. The fourth-order valence-electron chi connectivity index (χ4n) is 2.36. The second kappa shape index (κ2) is 6.41. The van der Waals surface area contributed by atoms with Crippen molar-refractivity contribution in [3.8, 4) is 0 Å². The molecule has 3 N–H and O–H groups in total. The molecule has 0 aliphatic heterocycles. The zero-order valence-electron chi connectivity index (χ0n) is 11.5. The van der Waals surface area contributed by atoms with Crippen molar-refractivity contribution in [2.75, 3.05) is 0 Å². The highest BCUT2D eigenvalue weighted by Crippen LogP contribution is 2.33. The summed E-state index contributed by atoms with van der Waals surface area (Å²) in [6.07, 6.45) is 1.94. The van der Waals surface area contributed by atoms with Gasteiger partial charge in [-0.2, -0.15) is 0 Å². The Morgan fingerprint density at radius 3 is 2.60 bits per heavy atom. The molecular weight excluding hydrogens is 256 g/mol. The van der Waals surface area contributed by atoms with Gasteiger partial charge in [0.05, 0.1) is 12.5 Å². The SMILES string of the molecule is CCC1CC1NC(=O)NC(CC(=O)O)c1ccccc1. The lowest BCUT2D eigenvalue weighted by Crippen LogP contribution is -2.40. The van der Waals surface area contributed by atoms with Crippen molar-refractivity contribution < 1.29 is 14.7 Å². The lowest BCUT2D eigenvalue weighted by molar-refractivity contribution is -0.137. The van der Waals surface area contributed by atoms with E-state index >= 15 is 0 Å². The molecule has 20 heavy (non-hydrogen) atoms. The number of carbonyl (C=O) groups is 2. The Bertz CT molecular complexity index is 475. The summed E-state index contributed by atoms with van der Waals surface area (Å²) in [5, 5.41) is 14.6. The first-order chi connectivity index (χ1) is 9.60. The maximum absolute atomic E-state index is 11.9. The molecule has 3 atom stereocenters. The van der Waals surface area contributed by atoms with E-state index in [1.165, 1.54) is 0 Å². The van der Waals surface area contributed by atoms with Crippen LogP contribution in [0.25, 0.3) is 0 Å². The Kier molecular flexibility index (Phi) is 4.61. The first kappa shape index (κ1) is 14.4. The quantitative estimate of drug-likeness (QED) is 0.746. The Hall–Kier alpha value is -2.04. The Morgan fingerprint density at radius 1 is 1.35 bits per heavy atom. The van der Waals surface area contributed by atoms with E-state index in [2.05, 4.69) is 17.6 Å². The molecule has 0 radical (unpaired) electrons. The van der Waals surface area contributed by atoms with E-state index < -0.39 is 12.0 Å². The molecule has 0 heterocycles. The van der Waals surface area contributed by atoms with Crippen molar-refractivity contribution >= 4 is 12.0 Å². The van der Waals surface area contributed by atoms with E-state index in [1.54, 1.807) is 0 Å². The second-order valence-electron chi connectivity index (χ2n) is 5.19. The fraction of sp³-hybridized carbons (Fsp3) is 0.467. The maximum Gasteiger partial charge on any atom is 0.315 e. The molecule has 3 unspecified atom stereocenters. The van der Waals surface area contributed by atoms with E-state index in [1.807, 2.05) is 30.3 Å². The smallest absolute Gasteiger partial charge is 0.315 e. The minimum absolute atomic E-state index is 0.126. The Balaban J connectivity index is 1.94. The molecule has 2 rings (SSSR count). The number of rotatable bonds is 6. The third-order valence-electron chi connectivity index (χ3n) is 3.65. The van der Waals surface area contributed by atoms with Gasteiger partial charge in [0.15, 0.2) is 0 Å². The topological polar surface area (TPSA) is 78.4 Å². The minimum Gasteiger partial charge on any atom is -0.481 e. The van der Waals surface area contributed by atoms with Crippen molar-refractivity contribution in [3.63, 3.8) is 0 Å². The molecule has 1 fully saturated rings. The molecule has 1 aromatic carbocycles. The van der Waals surface area contributed by atoms with Gasteiger partial charge in [0.1, 0.15) is 0 Å². The zero-order valence-corrected chi connectivity index (χ0v) is 11.5. The standard InChI is InChI=1S/C15H20N2O3/c1-2-10-8-12(10)16-15(20)17-13(9-14(18)19)11-6-4-3-5-7-11/h3-7,10,12-13H,2,8-9H2,1H3,(H,18,19)(H2,16,17,20). The van der Waals surface area contributed by atoms with Crippen molar-refractivity contribution in [2.24, 2.45) is 5.92 Å². The summed E-state index contributed by atoms with van der Waals surface area (Å²) in [5.41, 5.74) is 0.799. The largest absolute Gasteiger partial charge is 0.481 e. The molecule has 0 bridgehead atoms. The lowest BCUT2D eigenvalue weighted by Gasteiger charge is -2.18. The van der Waals surface area contributed by atoms with Crippen LogP contribution in [0.15, 0.2) is 30.3 Å². The third kappa shape index (κ3) is 3.98.